The molecule has 0 saturated carbocycles. The summed E-state index contributed by atoms with van der Waals surface area (Å²) < 4.78 is 7.47. The number of H-pyrrole nitrogens is 1. The SMILES string of the molecule is C=C/C=C(\C=C/CC)P(OCC)C(=O)c1ccc(CSc2n[nH]c(=S)s2)cc1C. The van der Waals surface area contributed by atoms with E-state index in [9.17, 15) is 4.79 Å². The Morgan fingerprint density at radius 1 is 1.45 bits per heavy atom. The third kappa shape index (κ3) is 7.12. The summed E-state index contributed by atoms with van der Waals surface area (Å²) in [5.41, 5.74) is 2.82. The quantitative estimate of drug-likeness (QED) is 0.162. The van der Waals surface area contributed by atoms with Gasteiger partial charge in [0.2, 0.25) is 5.52 Å². The number of allylic oxidation sites excluding steroid dienone is 5. The van der Waals surface area contributed by atoms with Crippen LogP contribution in [0.4, 0.5) is 0 Å². The van der Waals surface area contributed by atoms with Crippen LogP contribution >= 0.6 is 43.5 Å². The zero-order valence-electron chi connectivity index (χ0n) is 16.8. The molecule has 8 heteroatoms. The Morgan fingerprint density at radius 3 is 2.83 bits per heavy atom. The summed E-state index contributed by atoms with van der Waals surface area (Å²) in [5.74, 6) is 0.770. The van der Waals surface area contributed by atoms with Gasteiger partial charge in [-0.1, -0.05) is 79.1 Å². The average Bonchev–Trinajstić information content (AvgIpc) is 3.13. The van der Waals surface area contributed by atoms with Crippen molar-refractivity contribution in [1.82, 2.24) is 10.2 Å². The lowest BCUT2D eigenvalue weighted by molar-refractivity contribution is 0.106. The minimum atomic E-state index is -1.41. The molecule has 1 aromatic carbocycles. The molecule has 1 aromatic heterocycles. The zero-order valence-corrected chi connectivity index (χ0v) is 20.1. The number of hydrogen-bond acceptors (Lipinski definition) is 6. The van der Waals surface area contributed by atoms with Crippen LogP contribution in [0.2, 0.25) is 0 Å². The number of rotatable bonds is 11. The van der Waals surface area contributed by atoms with Gasteiger partial charge in [0.1, 0.15) is 8.15 Å². The van der Waals surface area contributed by atoms with Gasteiger partial charge < -0.3 is 4.52 Å². The average molecular weight is 465 g/mol. The van der Waals surface area contributed by atoms with Gasteiger partial charge in [-0.05, 0) is 43.6 Å². The van der Waals surface area contributed by atoms with Crippen molar-refractivity contribution in [2.24, 2.45) is 0 Å². The van der Waals surface area contributed by atoms with E-state index in [1.807, 2.05) is 44.2 Å². The van der Waals surface area contributed by atoms with Crippen molar-refractivity contribution in [3.8, 4) is 0 Å². The van der Waals surface area contributed by atoms with Crippen LogP contribution in [-0.2, 0) is 10.3 Å². The van der Waals surface area contributed by atoms with Crippen molar-refractivity contribution in [2.45, 2.75) is 37.3 Å². The largest absolute Gasteiger partial charge is 0.347 e. The number of benzene rings is 1. The van der Waals surface area contributed by atoms with Crippen LogP contribution < -0.4 is 0 Å². The maximum atomic E-state index is 13.3. The second kappa shape index (κ2) is 12.4. The van der Waals surface area contributed by atoms with Gasteiger partial charge in [-0.15, -0.1) is 0 Å². The number of nitrogens with zero attached hydrogens (tertiary/aromatic N) is 1. The molecule has 0 fully saturated rings. The Balaban J connectivity index is 2.22. The van der Waals surface area contributed by atoms with Gasteiger partial charge in [-0.25, -0.2) is 0 Å². The summed E-state index contributed by atoms with van der Waals surface area (Å²) in [7, 11) is -1.41. The van der Waals surface area contributed by atoms with Crippen LogP contribution in [0.1, 0.15) is 41.8 Å². The van der Waals surface area contributed by atoms with E-state index < -0.39 is 8.15 Å². The van der Waals surface area contributed by atoms with Crippen molar-refractivity contribution in [3.05, 3.63) is 75.0 Å². The third-order valence-corrected chi connectivity index (χ3v) is 7.99. The fourth-order valence-electron chi connectivity index (χ4n) is 2.52. The summed E-state index contributed by atoms with van der Waals surface area (Å²) in [6.45, 7) is 10.2. The molecule has 0 spiro atoms. The summed E-state index contributed by atoms with van der Waals surface area (Å²) in [6, 6.07) is 5.96. The second-order valence-corrected chi connectivity index (χ2v) is 10.6. The topological polar surface area (TPSA) is 55.0 Å². The molecule has 0 aliphatic heterocycles. The van der Waals surface area contributed by atoms with Gasteiger partial charge >= 0.3 is 0 Å². The Labute approximate surface area is 187 Å². The minimum absolute atomic E-state index is 0.0256. The highest BCUT2D eigenvalue weighted by molar-refractivity contribution is 8.00. The van der Waals surface area contributed by atoms with Crippen LogP contribution in [0.5, 0.6) is 0 Å². The molecule has 0 bridgehead atoms. The first-order valence-corrected chi connectivity index (χ1v) is 12.7. The molecule has 1 unspecified atom stereocenters. The molecule has 2 aromatic rings. The lowest BCUT2D eigenvalue weighted by atomic mass is 10.1. The van der Waals surface area contributed by atoms with Gasteiger partial charge in [0.25, 0.3) is 0 Å². The van der Waals surface area contributed by atoms with E-state index in [4.69, 9.17) is 16.7 Å². The number of hydrogen-bond donors (Lipinski definition) is 1. The van der Waals surface area contributed by atoms with Gasteiger partial charge in [-0.3, -0.25) is 9.89 Å². The van der Waals surface area contributed by atoms with Crippen LogP contribution in [0, 0.1) is 10.9 Å². The maximum Gasteiger partial charge on any atom is 0.216 e. The zero-order chi connectivity index (χ0) is 21.2. The molecule has 1 N–H and O–H groups in total. The van der Waals surface area contributed by atoms with Gasteiger partial charge in [0.05, 0.1) is 0 Å². The maximum absolute atomic E-state index is 13.3. The summed E-state index contributed by atoms with van der Waals surface area (Å²) >= 11 is 8.16. The molecular formula is C21H25N2O2PS3. The molecule has 0 radical (unpaired) electrons. The number of carbonyl (C=O) groups is 1. The number of thioether (sulfide) groups is 1. The van der Waals surface area contributed by atoms with Gasteiger partial charge in [0.15, 0.2) is 8.29 Å². The number of carbonyl (C=O) groups excluding carboxylic acids is 1. The van der Waals surface area contributed by atoms with Crippen molar-refractivity contribution < 1.29 is 9.32 Å². The molecule has 29 heavy (non-hydrogen) atoms. The highest BCUT2D eigenvalue weighted by Gasteiger charge is 2.25. The van der Waals surface area contributed by atoms with E-state index in [1.54, 1.807) is 17.8 Å². The monoisotopic (exact) mass is 464 g/mol. The van der Waals surface area contributed by atoms with Crippen LogP contribution in [0.3, 0.4) is 0 Å². The number of aromatic amines is 1. The van der Waals surface area contributed by atoms with Crippen molar-refractivity contribution in [3.63, 3.8) is 0 Å². The molecule has 0 aliphatic rings. The predicted octanol–water partition coefficient (Wildman–Crippen LogP) is 7.41. The standard InChI is InChI=1S/C21H25N2O2PS3/c1-5-8-10-17(9-6-2)26(25-7-3)19(24)18-12-11-16(13-15(18)4)14-28-21-23-22-20(27)29-21/h6,8-13H,2,5,7,14H2,1,3-4H3,(H,22,27)/b10-8-,17-9+. The molecule has 1 atom stereocenters. The summed E-state index contributed by atoms with van der Waals surface area (Å²) in [6.07, 6.45) is 8.47. The van der Waals surface area contributed by atoms with E-state index in [-0.39, 0.29) is 5.52 Å². The number of nitrogens with one attached hydrogen (secondary N) is 1. The smallest absolute Gasteiger partial charge is 0.216 e. The summed E-state index contributed by atoms with van der Waals surface area (Å²) in [5, 5.41) is 7.83. The van der Waals surface area contributed by atoms with Crippen molar-refractivity contribution in [1.29, 1.82) is 0 Å². The van der Waals surface area contributed by atoms with Crippen molar-refractivity contribution in [2.75, 3.05) is 6.61 Å². The molecule has 0 saturated heterocycles. The molecule has 0 aliphatic carbocycles. The Morgan fingerprint density at radius 2 is 2.24 bits per heavy atom. The van der Waals surface area contributed by atoms with Gasteiger partial charge in [-0.2, -0.15) is 5.10 Å². The molecule has 4 nitrogen and oxygen atoms in total. The van der Waals surface area contributed by atoms with E-state index in [0.29, 0.717) is 16.1 Å². The highest BCUT2D eigenvalue weighted by Crippen LogP contribution is 2.50. The van der Waals surface area contributed by atoms with E-state index in [1.165, 1.54) is 11.3 Å². The molecule has 1 heterocycles. The van der Waals surface area contributed by atoms with Crippen molar-refractivity contribution >= 4 is 49.0 Å². The minimum Gasteiger partial charge on any atom is -0.347 e. The first-order valence-electron chi connectivity index (χ1n) is 9.24. The van der Waals surface area contributed by atoms with Crippen LogP contribution in [-0.4, -0.2) is 22.3 Å². The molecule has 154 valence electrons. The Bertz CT molecular complexity index is 963. The highest BCUT2D eigenvalue weighted by atomic mass is 32.2. The normalized spacial score (nSPS) is 13.0. The second-order valence-electron chi connectivity index (χ2n) is 5.97. The van der Waals surface area contributed by atoms with E-state index >= 15 is 0 Å². The first-order chi connectivity index (χ1) is 14.0. The predicted molar refractivity (Wildman–Crippen MR) is 129 cm³/mol. The van der Waals surface area contributed by atoms with Gasteiger partial charge in [0, 0.05) is 23.2 Å². The molecular weight excluding hydrogens is 439 g/mol. The fraction of sp³-hybridized carbons (Fsp3) is 0.286. The lowest BCUT2D eigenvalue weighted by Crippen LogP contribution is -2.04. The van der Waals surface area contributed by atoms with Crippen LogP contribution in [0.15, 0.2) is 58.7 Å². The van der Waals surface area contributed by atoms with E-state index in [0.717, 1.165) is 33.0 Å². The van der Waals surface area contributed by atoms with E-state index in [2.05, 4.69) is 29.8 Å². The Kier molecular flexibility index (Phi) is 10.2. The Hall–Kier alpha value is -1.37. The third-order valence-electron chi connectivity index (χ3n) is 3.79. The lowest BCUT2D eigenvalue weighted by Gasteiger charge is -2.18. The fourth-order valence-corrected chi connectivity index (χ4v) is 6.25. The first kappa shape index (κ1) is 23.9. The molecule has 0 amide bonds. The summed E-state index contributed by atoms with van der Waals surface area (Å²) in [4.78, 5) is 13.3. The van der Waals surface area contributed by atoms with Crippen LogP contribution in [0.25, 0.3) is 0 Å². The number of aryl methyl sites for hydroxylation is 1. The molecule has 2 rings (SSSR count). The number of aromatic nitrogens is 2.